The van der Waals surface area contributed by atoms with Crippen LogP contribution in [0, 0.1) is 0 Å². The molecule has 2 heterocycles. The first-order chi connectivity index (χ1) is 9.67. The lowest BCUT2D eigenvalue weighted by Crippen LogP contribution is -2.31. The molecule has 1 aromatic heterocycles. The molecule has 0 saturated carbocycles. The lowest BCUT2D eigenvalue weighted by atomic mass is 10.0. The van der Waals surface area contributed by atoms with E-state index in [0.717, 1.165) is 18.7 Å². The van der Waals surface area contributed by atoms with E-state index >= 15 is 0 Å². The average Bonchev–Trinajstić information content (AvgIpc) is 2.95. The molecule has 6 heteroatoms. The number of nitrogens with one attached hydrogen (secondary N) is 1. The van der Waals surface area contributed by atoms with Gasteiger partial charge in [0.05, 0.1) is 17.0 Å². The van der Waals surface area contributed by atoms with Crippen molar-refractivity contribution in [2.24, 2.45) is 0 Å². The van der Waals surface area contributed by atoms with Crippen LogP contribution in [-0.4, -0.2) is 30.3 Å². The third kappa shape index (κ3) is 2.62. The van der Waals surface area contributed by atoms with Gasteiger partial charge in [0.1, 0.15) is 0 Å². The van der Waals surface area contributed by atoms with Crippen LogP contribution in [0.3, 0.4) is 0 Å². The van der Waals surface area contributed by atoms with Crippen molar-refractivity contribution >= 4 is 9.84 Å². The number of rotatable bonds is 4. The zero-order valence-corrected chi connectivity index (χ0v) is 11.9. The van der Waals surface area contributed by atoms with Gasteiger partial charge in [-0.15, -0.1) is 0 Å². The molecule has 1 N–H and O–H groups in total. The Hall–Kier alpha value is -1.66. The van der Waals surface area contributed by atoms with Crippen molar-refractivity contribution in [3.8, 4) is 0 Å². The van der Waals surface area contributed by atoms with E-state index in [1.807, 2.05) is 22.9 Å². The molecule has 1 atom stereocenters. The summed E-state index contributed by atoms with van der Waals surface area (Å²) in [7, 11) is -3.10. The molecule has 0 saturated heterocycles. The predicted molar refractivity (Wildman–Crippen MR) is 76.1 cm³/mol. The van der Waals surface area contributed by atoms with E-state index in [4.69, 9.17) is 0 Å². The molecule has 0 fully saturated rings. The smallest absolute Gasteiger partial charge is 0.178 e. The first-order valence-electron chi connectivity index (χ1n) is 6.67. The first kappa shape index (κ1) is 13.3. The highest BCUT2D eigenvalue weighted by Crippen LogP contribution is 2.31. The van der Waals surface area contributed by atoms with Crippen LogP contribution in [0.15, 0.2) is 47.9 Å². The van der Waals surface area contributed by atoms with Gasteiger partial charge in [0.2, 0.25) is 0 Å². The maximum absolute atomic E-state index is 12.0. The Morgan fingerprint density at radius 3 is 3.00 bits per heavy atom. The summed E-state index contributed by atoms with van der Waals surface area (Å²) in [5.74, 6) is 0.215. The second-order valence-electron chi connectivity index (χ2n) is 4.95. The van der Waals surface area contributed by atoms with Crippen molar-refractivity contribution in [1.82, 2.24) is 14.9 Å². The normalized spacial score (nSPS) is 20.5. The van der Waals surface area contributed by atoms with Crippen LogP contribution < -0.4 is 5.32 Å². The van der Waals surface area contributed by atoms with Gasteiger partial charge < -0.3 is 9.88 Å². The van der Waals surface area contributed by atoms with Crippen molar-refractivity contribution in [1.29, 1.82) is 0 Å². The van der Waals surface area contributed by atoms with E-state index in [0.29, 0.717) is 11.3 Å². The fourth-order valence-electron chi connectivity index (χ4n) is 2.59. The number of nitrogens with zero attached hydrogens (tertiary/aromatic N) is 2. The number of hydrogen-bond acceptors (Lipinski definition) is 4. The molecule has 3 rings (SSSR count). The van der Waals surface area contributed by atoms with Crippen LogP contribution in [0.4, 0.5) is 0 Å². The summed E-state index contributed by atoms with van der Waals surface area (Å²) in [5, 5.41) is 3.44. The molecule has 1 unspecified atom stereocenters. The standard InChI is InChI=1S/C14H17N3O2S/c18-20(19)10-5-13(12-3-1-2-4-14(12)20)16-7-9-17-8-6-15-11-17/h1-4,6,8,11,13,16H,5,7,9-10H2. The molecule has 20 heavy (non-hydrogen) atoms. The van der Waals surface area contributed by atoms with Gasteiger partial charge in [0.15, 0.2) is 9.84 Å². The third-order valence-corrected chi connectivity index (χ3v) is 5.44. The fourth-order valence-corrected chi connectivity index (χ4v) is 4.21. The molecule has 5 nitrogen and oxygen atoms in total. The summed E-state index contributed by atoms with van der Waals surface area (Å²) in [6, 6.07) is 7.39. The highest BCUT2D eigenvalue weighted by Gasteiger charge is 2.29. The zero-order valence-electron chi connectivity index (χ0n) is 11.1. The van der Waals surface area contributed by atoms with E-state index in [1.54, 1.807) is 24.7 Å². The lowest BCUT2D eigenvalue weighted by molar-refractivity contribution is 0.473. The van der Waals surface area contributed by atoms with E-state index < -0.39 is 9.84 Å². The summed E-state index contributed by atoms with van der Waals surface area (Å²) in [5.41, 5.74) is 0.893. The summed E-state index contributed by atoms with van der Waals surface area (Å²) >= 11 is 0. The Kier molecular flexibility index (Phi) is 3.58. The predicted octanol–water partition coefficient (Wildman–Crippen LogP) is 1.39. The molecule has 0 amide bonds. The quantitative estimate of drug-likeness (QED) is 0.924. The van der Waals surface area contributed by atoms with E-state index in [1.165, 1.54) is 0 Å². The summed E-state index contributed by atoms with van der Waals surface area (Å²) in [6.07, 6.45) is 6.08. The second kappa shape index (κ2) is 5.38. The van der Waals surface area contributed by atoms with Crippen molar-refractivity contribution in [3.05, 3.63) is 48.5 Å². The second-order valence-corrected chi connectivity index (χ2v) is 7.03. The van der Waals surface area contributed by atoms with Crippen LogP contribution in [0.1, 0.15) is 18.0 Å². The van der Waals surface area contributed by atoms with E-state index in [-0.39, 0.29) is 11.8 Å². The van der Waals surface area contributed by atoms with Gasteiger partial charge in [0, 0.05) is 31.5 Å². The highest BCUT2D eigenvalue weighted by molar-refractivity contribution is 7.91. The number of hydrogen-bond donors (Lipinski definition) is 1. The van der Waals surface area contributed by atoms with E-state index in [2.05, 4.69) is 10.3 Å². The highest BCUT2D eigenvalue weighted by atomic mass is 32.2. The Balaban J connectivity index is 1.72. The molecule has 0 spiro atoms. The number of fused-ring (bicyclic) bond motifs is 1. The Labute approximate surface area is 118 Å². The van der Waals surface area contributed by atoms with Gasteiger partial charge in [-0.2, -0.15) is 0 Å². The minimum atomic E-state index is -3.10. The molecule has 1 aliphatic rings. The Morgan fingerprint density at radius 1 is 1.35 bits per heavy atom. The molecular weight excluding hydrogens is 274 g/mol. The SMILES string of the molecule is O=S1(=O)CCC(NCCn2ccnc2)c2ccccc21. The maximum Gasteiger partial charge on any atom is 0.178 e. The fraction of sp³-hybridized carbons (Fsp3) is 0.357. The molecule has 2 aromatic rings. The van der Waals surface area contributed by atoms with Crippen LogP contribution in [0.2, 0.25) is 0 Å². The molecular formula is C14H17N3O2S. The summed E-state index contributed by atoms with van der Waals surface area (Å²) in [4.78, 5) is 4.48. The largest absolute Gasteiger partial charge is 0.336 e. The molecule has 1 aliphatic heterocycles. The van der Waals surface area contributed by atoms with Crippen molar-refractivity contribution < 1.29 is 8.42 Å². The molecule has 106 valence electrons. The van der Waals surface area contributed by atoms with Crippen LogP contribution in [-0.2, 0) is 16.4 Å². The molecule has 0 radical (unpaired) electrons. The van der Waals surface area contributed by atoms with Gasteiger partial charge in [-0.1, -0.05) is 18.2 Å². The zero-order chi connectivity index (χ0) is 14.0. The number of aromatic nitrogens is 2. The maximum atomic E-state index is 12.0. The first-order valence-corrected chi connectivity index (χ1v) is 8.33. The van der Waals surface area contributed by atoms with Gasteiger partial charge >= 0.3 is 0 Å². The van der Waals surface area contributed by atoms with Crippen molar-refractivity contribution in [3.63, 3.8) is 0 Å². The molecule has 1 aromatic carbocycles. The summed E-state index contributed by atoms with van der Waals surface area (Å²) in [6.45, 7) is 1.61. The topological polar surface area (TPSA) is 64.0 Å². The number of sulfone groups is 1. The third-order valence-electron chi connectivity index (χ3n) is 3.62. The van der Waals surface area contributed by atoms with Crippen molar-refractivity contribution in [2.45, 2.75) is 23.9 Å². The minimum absolute atomic E-state index is 0.109. The van der Waals surface area contributed by atoms with Crippen molar-refractivity contribution in [2.75, 3.05) is 12.3 Å². The lowest BCUT2D eigenvalue weighted by Gasteiger charge is -2.26. The van der Waals surface area contributed by atoms with Gasteiger partial charge in [-0.05, 0) is 18.1 Å². The number of benzene rings is 1. The Morgan fingerprint density at radius 2 is 2.20 bits per heavy atom. The summed E-state index contributed by atoms with van der Waals surface area (Å²) < 4.78 is 26.1. The van der Waals surface area contributed by atoms with Crippen LogP contribution >= 0.6 is 0 Å². The Bertz CT molecular complexity index is 680. The van der Waals surface area contributed by atoms with Crippen LogP contribution in [0.5, 0.6) is 0 Å². The molecule has 0 bridgehead atoms. The monoisotopic (exact) mass is 291 g/mol. The average molecular weight is 291 g/mol. The van der Waals surface area contributed by atoms with Gasteiger partial charge in [-0.3, -0.25) is 0 Å². The number of imidazole rings is 1. The van der Waals surface area contributed by atoms with Gasteiger partial charge in [0.25, 0.3) is 0 Å². The van der Waals surface area contributed by atoms with Crippen LogP contribution in [0.25, 0.3) is 0 Å². The van der Waals surface area contributed by atoms with Gasteiger partial charge in [-0.25, -0.2) is 13.4 Å². The van der Waals surface area contributed by atoms with E-state index in [9.17, 15) is 8.42 Å². The molecule has 0 aliphatic carbocycles. The minimum Gasteiger partial charge on any atom is -0.336 e.